The number of carboxylic acids is 1. The fourth-order valence-electron chi connectivity index (χ4n) is 2.57. The third-order valence-corrected chi connectivity index (χ3v) is 3.90. The van der Waals surface area contributed by atoms with Crippen LogP contribution in [0.25, 0.3) is 0 Å². The van der Waals surface area contributed by atoms with Crippen LogP contribution in [0.5, 0.6) is 0 Å². The maximum absolute atomic E-state index is 13.5. The largest absolute Gasteiger partial charge is 0.480 e. The first-order valence-electron chi connectivity index (χ1n) is 6.77. The monoisotopic (exact) mass is 279 g/mol. The predicted octanol–water partition coefficient (Wildman–Crippen LogP) is 2.65. The minimum atomic E-state index is -1.21. The number of aryl methyl sites for hydroxylation is 1. The molecule has 0 atom stereocenters. The van der Waals surface area contributed by atoms with Gasteiger partial charge in [-0.2, -0.15) is 0 Å². The van der Waals surface area contributed by atoms with Gasteiger partial charge in [0, 0.05) is 5.56 Å². The van der Waals surface area contributed by atoms with Crippen molar-refractivity contribution in [3.63, 3.8) is 0 Å². The van der Waals surface area contributed by atoms with Gasteiger partial charge in [-0.05, 0) is 37.5 Å². The van der Waals surface area contributed by atoms with Crippen molar-refractivity contribution in [2.24, 2.45) is 0 Å². The Labute approximate surface area is 117 Å². The second kappa shape index (κ2) is 5.61. The molecule has 0 radical (unpaired) electrons. The van der Waals surface area contributed by atoms with Crippen LogP contribution in [0, 0.1) is 12.7 Å². The standard InChI is InChI=1S/C15H18FNO3/c1-10-5-6-11(9-12(10)16)13(18)17-15(14(19)20)7-3-2-4-8-15/h5-6,9H,2-4,7-8H2,1H3,(H,17,18)(H,19,20). The van der Waals surface area contributed by atoms with Gasteiger partial charge in [-0.25, -0.2) is 9.18 Å². The lowest BCUT2D eigenvalue weighted by Crippen LogP contribution is -2.55. The zero-order valence-electron chi connectivity index (χ0n) is 11.4. The number of carbonyl (C=O) groups excluding carboxylic acids is 1. The van der Waals surface area contributed by atoms with E-state index in [1.165, 1.54) is 12.1 Å². The van der Waals surface area contributed by atoms with Gasteiger partial charge >= 0.3 is 5.97 Å². The Balaban J connectivity index is 2.20. The number of halogens is 1. The Kier molecular flexibility index (Phi) is 4.06. The smallest absolute Gasteiger partial charge is 0.329 e. The van der Waals surface area contributed by atoms with Gasteiger partial charge in [0.25, 0.3) is 5.91 Å². The first-order chi connectivity index (χ1) is 9.44. The second-order valence-electron chi connectivity index (χ2n) is 5.37. The molecule has 0 unspecified atom stereocenters. The molecule has 0 bridgehead atoms. The fourth-order valence-corrected chi connectivity index (χ4v) is 2.57. The summed E-state index contributed by atoms with van der Waals surface area (Å²) in [4.78, 5) is 23.6. The number of nitrogens with one attached hydrogen (secondary N) is 1. The number of aliphatic carboxylic acids is 1. The first kappa shape index (κ1) is 14.5. The van der Waals surface area contributed by atoms with Crippen LogP contribution in [-0.2, 0) is 4.79 Å². The van der Waals surface area contributed by atoms with E-state index in [1.807, 2.05) is 0 Å². The number of amides is 1. The van der Waals surface area contributed by atoms with Gasteiger partial charge in [0.2, 0.25) is 0 Å². The normalized spacial score (nSPS) is 17.5. The molecule has 4 nitrogen and oxygen atoms in total. The number of hydrogen-bond acceptors (Lipinski definition) is 2. The molecule has 0 aromatic heterocycles. The van der Waals surface area contributed by atoms with Crippen LogP contribution in [0.3, 0.4) is 0 Å². The third-order valence-electron chi connectivity index (χ3n) is 3.90. The first-order valence-corrected chi connectivity index (χ1v) is 6.77. The van der Waals surface area contributed by atoms with Crippen LogP contribution in [0.4, 0.5) is 4.39 Å². The summed E-state index contributed by atoms with van der Waals surface area (Å²) in [5, 5.41) is 12.0. The molecule has 2 N–H and O–H groups in total. The van der Waals surface area contributed by atoms with Crippen molar-refractivity contribution >= 4 is 11.9 Å². The molecule has 1 aliphatic carbocycles. The van der Waals surface area contributed by atoms with Crippen LogP contribution in [-0.4, -0.2) is 22.5 Å². The molecule has 1 aromatic carbocycles. The molecule has 108 valence electrons. The third kappa shape index (κ3) is 2.81. The average molecular weight is 279 g/mol. The van der Waals surface area contributed by atoms with Gasteiger partial charge in [0.05, 0.1) is 0 Å². The van der Waals surface area contributed by atoms with E-state index in [2.05, 4.69) is 5.32 Å². The number of rotatable bonds is 3. The van der Waals surface area contributed by atoms with Crippen molar-refractivity contribution in [1.82, 2.24) is 5.32 Å². The van der Waals surface area contributed by atoms with Gasteiger partial charge in [-0.15, -0.1) is 0 Å². The molecule has 1 aromatic rings. The fraction of sp³-hybridized carbons (Fsp3) is 0.467. The number of carboxylic acid groups (broad SMARTS) is 1. The van der Waals surface area contributed by atoms with E-state index in [4.69, 9.17) is 0 Å². The molecule has 2 rings (SSSR count). The van der Waals surface area contributed by atoms with E-state index in [0.29, 0.717) is 18.4 Å². The van der Waals surface area contributed by atoms with Crippen molar-refractivity contribution in [3.8, 4) is 0 Å². The Morgan fingerprint density at radius 3 is 2.45 bits per heavy atom. The van der Waals surface area contributed by atoms with Gasteiger partial charge < -0.3 is 10.4 Å². The lowest BCUT2D eigenvalue weighted by Gasteiger charge is -2.34. The molecular weight excluding hydrogens is 261 g/mol. The van der Waals surface area contributed by atoms with Crippen molar-refractivity contribution in [2.45, 2.75) is 44.6 Å². The Bertz CT molecular complexity index is 536. The molecule has 20 heavy (non-hydrogen) atoms. The van der Waals surface area contributed by atoms with E-state index in [9.17, 15) is 19.1 Å². The van der Waals surface area contributed by atoms with Crippen molar-refractivity contribution < 1.29 is 19.1 Å². The molecule has 0 heterocycles. The average Bonchev–Trinajstić information content (AvgIpc) is 2.42. The highest BCUT2D eigenvalue weighted by Crippen LogP contribution is 2.29. The zero-order chi connectivity index (χ0) is 14.8. The summed E-state index contributed by atoms with van der Waals surface area (Å²) in [6, 6.07) is 4.16. The summed E-state index contributed by atoms with van der Waals surface area (Å²) in [7, 11) is 0. The minimum absolute atomic E-state index is 0.152. The number of carbonyl (C=O) groups is 2. The van der Waals surface area contributed by atoms with Crippen LogP contribution >= 0.6 is 0 Å². The zero-order valence-corrected chi connectivity index (χ0v) is 11.4. The summed E-state index contributed by atoms with van der Waals surface area (Å²) in [5.41, 5.74) is -0.608. The molecule has 0 aliphatic heterocycles. The van der Waals surface area contributed by atoms with Crippen LogP contribution in [0.1, 0.15) is 48.0 Å². The number of hydrogen-bond donors (Lipinski definition) is 2. The van der Waals surface area contributed by atoms with E-state index in [0.717, 1.165) is 25.3 Å². The van der Waals surface area contributed by atoms with Crippen molar-refractivity contribution in [2.75, 3.05) is 0 Å². The van der Waals surface area contributed by atoms with Crippen LogP contribution in [0.15, 0.2) is 18.2 Å². The summed E-state index contributed by atoms with van der Waals surface area (Å²) in [6.07, 6.45) is 3.36. The van der Waals surface area contributed by atoms with Crippen molar-refractivity contribution in [1.29, 1.82) is 0 Å². The summed E-state index contributed by atoms with van der Waals surface area (Å²) in [6.45, 7) is 1.61. The molecule has 5 heteroatoms. The summed E-state index contributed by atoms with van der Waals surface area (Å²) in [5.74, 6) is -2.02. The van der Waals surface area contributed by atoms with E-state index in [1.54, 1.807) is 6.92 Å². The van der Waals surface area contributed by atoms with E-state index < -0.39 is 23.2 Å². The topological polar surface area (TPSA) is 66.4 Å². The molecule has 1 aliphatic rings. The van der Waals surface area contributed by atoms with Gasteiger partial charge in [0.1, 0.15) is 11.4 Å². The second-order valence-corrected chi connectivity index (χ2v) is 5.37. The number of benzene rings is 1. The quantitative estimate of drug-likeness (QED) is 0.894. The Morgan fingerprint density at radius 1 is 1.25 bits per heavy atom. The SMILES string of the molecule is Cc1ccc(C(=O)NC2(C(=O)O)CCCCC2)cc1F. The molecule has 0 spiro atoms. The van der Waals surface area contributed by atoms with E-state index >= 15 is 0 Å². The maximum atomic E-state index is 13.5. The van der Waals surface area contributed by atoms with Crippen molar-refractivity contribution in [3.05, 3.63) is 35.1 Å². The lowest BCUT2D eigenvalue weighted by atomic mass is 9.81. The molecular formula is C15H18FNO3. The maximum Gasteiger partial charge on any atom is 0.329 e. The van der Waals surface area contributed by atoms with Gasteiger partial charge in [0.15, 0.2) is 0 Å². The highest BCUT2D eigenvalue weighted by molar-refractivity contribution is 5.98. The highest BCUT2D eigenvalue weighted by atomic mass is 19.1. The highest BCUT2D eigenvalue weighted by Gasteiger charge is 2.41. The predicted molar refractivity (Wildman–Crippen MR) is 72.1 cm³/mol. The Hall–Kier alpha value is -1.91. The van der Waals surface area contributed by atoms with Crippen LogP contribution in [0.2, 0.25) is 0 Å². The summed E-state index contributed by atoms with van der Waals surface area (Å²) < 4.78 is 13.5. The van der Waals surface area contributed by atoms with Crippen LogP contribution < -0.4 is 5.32 Å². The Morgan fingerprint density at radius 2 is 1.90 bits per heavy atom. The summed E-state index contributed by atoms with van der Waals surface area (Å²) >= 11 is 0. The molecule has 0 saturated heterocycles. The van der Waals surface area contributed by atoms with E-state index in [-0.39, 0.29) is 5.56 Å². The minimum Gasteiger partial charge on any atom is -0.480 e. The molecule has 1 fully saturated rings. The van der Waals surface area contributed by atoms with Gasteiger partial charge in [-0.3, -0.25) is 4.79 Å². The van der Waals surface area contributed by atoms with Gasteiger partial charge in [-0.1, -0.05) is 25.3 Å². The molecule has 1 amide bonds. The molecule has 1 saturated carbocycles. The lowest BCUT2D eigenvalue weighted by molar-refractivity contribution is -0.145.